The maximum atomic E-state index is 13.6. The van der Waals surface area contributed by atoms with Crippen molar-refractivity contribution in [3.05, 3.63) is 29.6 Å². The zero-order chi connectivity index (χ0) is 14.8. The maximum Gasteiger partial charge on any atom is 0.573 e. The molecule has 0 aliphatic carbocycles. The van der Waals surface area contributed by atoms with Crippen molar-refractivity contribution in [2.24, 2.45) is 11.7 Å². The van der Waals surface area contributed by atoms with Crippen molar-refractivity contribution in [2.75, 3.05) is 13.2 Å². The molecule has 1 heterocycles. The molecule has 120 valence electrons. The van der Waals surface area contributed by atoms with Gasteiger partial charge in [0.05, 0.1) is 0 Å². The van der Waals surface area contributed by atoms with E-state index in [0.29, 0.717) is 18.8 Å². The SMILES string of the molecule is Cl.N[C@@H](c1ccc(OC(F)(F)F)c(F)c1)C1CCOCC1. The smallest absolute Gasteiger partial charge is 0.403 e. The van der Waals surface area contributed by atoms with Crippen LogP contribution in [0.15, 0.2) is 18.2 Å². The summed E-state index contributed by atoms with van der Waals surface area (Å²) in [6, 6.07) is 2.90. The molecule has 0 aromatic heterocycles. The lowest BCUT2D eigenvalue weighted by Gasteiger charge is -2.28. The van der Waals surface area contributed by atoms with Gasteiger partial charge in [-0.05, 0) is 36.5 Å². The monoisotopic (exact) mass is 329 g/mol. The lowest BCUT2D eigenvalue weighted by molar-refractivity contribution is -0.275. The van der Waals surface area contributed by atoms with E-state index in [9.17, 15) is 17.6 Å². The summed E-state index contributed by atoms with van der Waals surface area (Å²) >= 11 is 0. The van der Waals surface area contributed by atoms with Crippen molar-refractivity contribution in [2.45, 2.75) is 25.2 Å². The van der Waals surface area contributed by atoms with Crippen LogP contribution in [0.25, 0.3) is 0 Å². The summed E-state index contributed by atoms with van der Waals surface area (Å²) in [5, 5.41) is 0. The van der Waals surface area contributed by atoms with Gasteiger partial charge in [0.2, 0.25) is 0 Å². The average molecular weight is 330 g/mol. The fourth-order valence-electron chi connectivity index (χ4n) is 2.28. The highest BCUT2D eigenvalue weighted by Gasteiger charge is 2.32. The van der Waals surface area contributed by atoms with E-state index in [1.165, 1.54) is 6.07 Å². The first-order chi connectivity index (χ1) is 9.37. The van der Waals surface area contributed by atoms with Crippen LogP contribution < -0.4 is 10.5 Å². The molecule has 1 saturated heterocycles. The standard InChI is InChI=1S/C13H15F4NO2.ClH/c14-10-7-9(1-2-11(10)20-13(15,16)17)12(18)8-3-5-19-6-4-8;/h1-2,7-8,12H,3-6,18H2;1H/t12-;/m1./s1. The predicted octanol–water partition coefficient (Wildman–Crippen LogP) is 3.57. The molecule has 1 fully saturated rings. The Morgan fingerprint density at radius 2 is 1.86 bits per heavy atom. The number of benzene rings is 1. The van der Waals surface area contributed by atoms with Crippen LogP contribution in [0.1, 0.15) is 24.4 Å². The summed E-state index contributed by atoms with van der Waals surface area (Å²) < 4.78 is 58.5. The van der Waals surface area contributed by atoms with Crippen molar-refractivity contribution < 1.29 is 27.0 Å². The Balaban J connectivity index is 0.00000220. The third-order valence-electron chi connectivity index (χ3n) is 3.34. The van der Waals surface area contributed by atoms with Crippen LogP contribution in [0.2, 0.25) is 0 Å². The van der Waals surface area contributed by atoms with Gasteiger partial charge >= 0.3 is 6.36 Å². The summed E-state index contributed by atoms with van der Waals surface area (Å²) in [5.41, 5.74) is 6.49. The van der Waals surface area contributed by atoms with Crippen LogP contribution in [-0.4, -0.2) is 19.6 Å². The lowest BCUT2D eigenvalue weighted by atomic mass is 9.88. The Bertz CT molecular complexity index is 464. The Labute approximate surface area is 125 Å². The van der Waals surface area contributed by atoms with Crippen LogP contribution >= 0.6 is 12.4 Å². The summed E-state index contributed by atoms with van der Waals surface area (Å²) in [4.78, 5) is 0. The van der Waals surface area contributed by atoms with Gasteiger partial charge < -0.3 is 15.2 Å². The second kappa shape index (κ2) is 7.29. The van der Waals surface area contributed by atoms with Crippen molar-refractivity contribution in [1.29, 1.82) is 0 Å². The molecule has 0 spiro atoms. The first-order valence-corrected chi connectivity index (χ1v) is 6.25. The van der Waals surface area contributed by atoms with Gasteiger partial charge in [0, 0.05) is 19.3 Å². The molecule has 1 aliphatic heterocycles. The number of hydrogen-bond acceptors (Lipinski definition) is 3. The zero-order valence-corrected chi connectivity index (χ0v) is 11.8. The quantitative estimate of drug-likeness (QED) is 0.862. The van der Waals surface area contributed by atoms with Gasteiger partial charge in [-0.25, -0.2) is 4.39 Å². The number of alkyl halides is 3. The third kappa shape index (κ3) is 5.01. The molecular weight excluding hydrogens is 314 g/mol. The van der Waals surface area contributed by atoms with Gasteiger partial charge in [0.25, 0.3) is 0 Å². The summed E-state index contributed by atoms with van der Waals surface area (Å²) in [5.74, 6) is -1.78. The second-order valence-electron chi connectivity index (χ2n) is 4.71. The van der Waals surface area contributed by atoms with E-state index >= 15 is 0 Å². The molecule has 2 N–H and O–H groups in total. The predicted molar refractivity (Wildman–Crippen MR) is 70.8 cm³/mol. The Hall–Kier alpha value is -1.05. The molecule has 0 amide bonds. The van der Waals surface area contributed by atoms with Crippen LogP contribution in [0.4, 0.5) is 17.6 Å². The van der Waals surface area contributed by atoms with E-state index in [4.69, 9.17) is 10.5 Å². The third-order valence-corrected chi connectivity index (χ3v) is 3.34. The van der Waals surface area contributed by atoms with Crippen LogP contribution in [0, 0.1) is 11.7 Å². The molecule has 1 aromatic rings. The van der Waals surface area contributed by atoms with Crippen molar-refractivity contribution >= 4 is 12.4 Å². The second-order valence-corrected chi connectivity index (χ2v) is 4.71. The molecule has 0 unspecified atom stereocenters. The normalized spacial score (nSPS) is 18.0. The number of hydrogen-bond donors (Lipinski definition) is 1. The minimum absolute atomic E-state index is 0. The molecule has 1 aromatic carbocycles. The van der Waals surface area contributed by atoms with E-state index in [1.807, 2.05) is 0 Å². The van der Waals surface area contributed by atoms with Gasteiger partial charge in [0.15, 0.2) is 11.6 Å². The highest BCUT2D eigenvalue weighted by molar-refractivity contribution is 5.85. The van der Waals surface area contributed by atoms with Crippen molar-refractivity contribution in [3.8, 4) is 5.75 Å². The van der Waals surface area contributed by atoms with Crippen molar-refractivity contribution in [1.82, 2.24) is 0 Å². The van der Waals surface area contributed by atoms with E-state index in [1.54, 1.807) is 0 Å². The molecular formula is C13H16ClF4NO2. The molecule has 0 bridgehead atoms. The summed E-state index contributed by atoms with van der Waals surface area (Å²) in [7, 11) is 0. The van der Waals surface area contributed by atoms with E-state index < -0.39 is 24.0 Å². The lowest BCUT2D eigenvalue weighted by Crippen LogP contribution is -2.27. The Morgan fingerprint density at radius 1 is 1.24 bits per heavy atom. The molecule has 0 radical (unpaired) electrons. The molecule has 2 rings (SSSR count). The zero-order valence-electron chi connectivity index (χ0n) is 11.0. The van der Waals surface area contributed by atoms with Gasteiger partial charge in [-0.3, -0.25) is 0 Å². The molecule has 8 heteroatoms. The highest BCUT2D eigenvalue weighted by atomic mass is 35.5. The molecule has 0 saturated carbocycles. The largest absolute Gasteiger partial charge is 0.573 e. The van der Waals surface area contributed by atoms with Gasteiger partial charge in [0.1, 0.15) is 0 Å². The molecule has 1 aliphatic rings. The number of rotatable bonds is 3. The molecule has 21 heavy (non-hydrogen) atoms. The van der Waals surface area contributed by atoms with Crippen LogP contribution in [0.3, 0.4) is 0 Å². The first-order valence-electron chi connectivity index (χ1n) is 6.25. The minimum Gasteiger partial charge on any atom is -0.403 e. The minimum atomic E-state index is -4.91. The van der Waals surface area contributed by atoms with Gasteiger partial charge in [-0.15, -0.1) is 25.6 Å². The van der Waals surface area contributed by atoms with E-state index in [2.05, 4.69) is 4.74 Å². The number of ether oxygens (including phenoxy) is 2. The highest BCUT2D eigenvalue weighted by Crippen LogP contribution is 2.31. The first kappa shape index (κ1) is 18.0. The van der Waals surface area contributed by atoms with Crippen LogP contribution in [0.5, 0.6) is 5.75 Å². The van der Waals surface area contributed by atoms with E-state index in [0.717, 1.165) is 25.0 Å². The number of nitrogens with two attached hydrogens (primary N) is 1. The fraction of sp³-hybridized carbons (Fsp3) is 0.538. The average Bonchev–Trinajstić information content (AvgIpc) is 2.40. The summed E-state index contributed by atoms with van der Waals surface area (Å²) in [6.45, 7) is 1.19. The topological polar surface area (TPSA) is 44.5 Å². The van der Waals surface area contributed by atoms with Crippen LogP contribution in [-0.2, 0) is 4.74 Å². The van der Waals surface area contributed by atoms with Gasteiger partial charge in [-0.2, -0.15) is 0 Å². The molecule has 3 nitrogen and oxygen atoms in total. The Morgan fingerprint density at radius 3 is 2.38 bits per heavy atom. The molecule has 1 atom stereocenters. The van der Waals surface area contributed by atoms with E-state index in [-0.39, 0.29) is 18.3 Å². The number of halogens is 5. The fourth-order valence-corrected chi connectivity index (χ4v) is 2.28. The van der Waals surface area contributed by atoms with Gasteiger partial charge in [-0.1, -0.05) is 6.07 Å². The summed E-state index contributed by atoms with van der Waals surface area (Å²) in [6.07, 6.45) is -3.40. The van der Waals surface area contributed by atoms with Crippen molar-refractivity contribution in [3.63, 3.8) is 0 Å². The Kier molecular flexibility index (Phi) is 6.24. The maximum absolute atomic E-state index is 13.6.